The Hall–Kier alpha value is -2.61. The fourth-order valence-corrected chi connectivity index (χ4v) is 1.69. The third-order valence-electron chi connectivity index (χ3n) is 2.57. The van der Waals surface area contributed by atoms with Crippen molar-refractivity contribution < 1.29 is 4.74 Å². The summed E-state index contributed by atoms with van der Waals surface area (Å²) in [6.07, 6.45) is 1.65. The Balaban J connectivity index is 2.69. The lowest BCUT2D eigenvalue weighted by Gasteiger charge is -2.10. The van der Waals surface area contributed by atoms with E-state index in [1.165, 1.54) is 0 Å². The average molecular weight is 240 g/mol. The molecule has 1 aromatic heterocycles. The number of aryl methyl sites for hydroxylation is 1. The molecule has 0 radical (unpaired) electrons. The highest BCUT2D eigenvalue weighted by Gasteiger charge is 2.12. The van der Waals surface area contributed by atoms with E-state index in [2.05, 4.69) is 16.0 Å². The number of nitriles is 1. The summed E-state index contributed by atoms with van der Waals surface area (Å²) in [5.41, 5.74) is 8.43. The van der Waals surface area contributed by atoms with E-state index in [1.807, 2.05) is 6.92 Å². The average Bonchev–Trinajstić information content (AvgIpc) is 2.40. The van der Waals surface area contributed by atoms with E-state index in [4.69, 9.17) is 15.7 Å². The van der Waals surface area contributed by atoms with E-state index in [1.54, 1.807) is 31.5 Å². The van der Waals surface area contributed by atoms with Crippen LogP contribution >= 0.6 is 0 Å². The second kappa shape index (κ2) is 4.72. The van der Waals surface area contributed by atoms with Crippen molar-refractivity contribution in [3.8, 4) is 23.1 Å². The van der Waals surface area contributed by atoms with Crippen molar-refractivity contribution in [2.75, 3.05) is 12.8 Å². The molecule has 18 heavy (non-hydrogen) atoms. The fraction of sp³-hybridized carbons (Fsp3) is 0.154. The number of nitrogens with two attached hydrogens (primary N) is 1. The summed E-state index contributed by atoms with van der Waals surface area (Å²) in [6, 6.07) is 7.26. The largest absolute Gasteiger partial charge is 0.496 e. The number of nitrogen functional groups attached to an aromatic ring is 1. The molecule has 0 atom stereocenters. The van der Waals surface area contributed by atoms with E-state index in [9.17, 15) is 0 Å². The van der Waals surface area contributed by atoms with Crippen molar-refractivity contribution in [2.24, 2.45) is 0 Å². The van der Waals surface area contributed by atoms with Gasteiger partial charge >= 0.3 is 0 Å². The van der Waals surface area contributed by atoms with Crippen LogP contribution in [-0.2, 0) is 0 Å². The zero-order valence-electron chi connectivity index (χ0n) is 10.1. The monoisotopic (exact) mass is 240 g/mol. The normalized spacial score (nSPS) is 9.83. The minimum atomic E-state index is 0.194. The molecule has 0 unspecified atom stereocenters. The molecule has 2 N–H and O–H groups in total. The van der Waals surface area contributed by atoms with Gasteiger partial charge in [-0.3, -0.25) is 0 Å². The number of anilines is 1. The van der Waals surface area contributed by atoms with E-state index < -0.39 is 0 Å². The Morgan fingerprint density at radius 2 is 2.17 bits per heavy atom. The van der Waals surface area contributed by atoms with Gasteiger partial charge < -0.3 is 10.5 Å². The first kappa shape index (κ1) is 11.9. The molecule has 1 heterocycles. The summed E-state index contributed by atoms with van der Waals surface area (Å²) < 4.78 is 5.28. The van der Waals surface area contributed by atoms with Gasteiger partial charge in [-0.25, -0.2) is 9.97 Å². The summed E-state index contributed by atoms with van der Waals surface area (Å²) in [5.74, 6) is 0.843. The first-order valence-corrected chi connectivity index (χ1v) is 5.33. The number of nitrogens with zero attached hydrogens (tertiary/aromatic N) is 3. The lowest BCUT2D eigenvalue weighted by Crippen LogP contribution is -1.99. The van der Waals surface area contributed by atoms with Crippen LogP contribution in [0.15, 0.2) is 24.4 Å². The number of rotatable bonds is 2. The number of ether oxygens (including phenoxy) is 1. The van der Waals surface area contributed by atoms with Crippen molar-refractivity contribution in [3.63, 3.8) is 0 Å². The predicted molar refractivity (Wildman–Crippen MR) is 67.9 cm³/mol. The number of methoxy groups -OCH3 is 1. The molecule has 0 aliphatic rings. The zero-order valence-corrected chi connectivity index (χ0v) is 10.1. The topological polar surface area (TPSA) is 84.8 Å². The van der Waals surface area contributed by atoms with Crippen LogP contribution in [0, 0.1) is 18.3 Å². The quantitative estimate of drug-likeness (QED) is 0.866. The molecule has 2 aromatic rings. The minimum absolute atomic E-state index is 0.194. The fourth-order valence-electron chi connectivity index (χ4n) is 1.69. The van der Waals surface area contributed by atoms with Gasteiger partial charge in [0.25, 0.3) is 0 Å². The van der Waals surface area contributed by atoms with Crippen LogP contribution in [-0.4, -0.2) is 17.1 Å². The van der Waals surface area contributed by atoms with Crippen LogP contribution < -0.4 is 10.5 Å². The van der Waals surface area contributed by atoms with Crippen LogP contribution in [0.5, 0.6) is 5.75 Å². The first-order valence-electron chi connectivity index (χ1n) is 5.33. The standard InChI is InChI=1S/C13H12N4O/c1-8-7-16-13(15)17-12(8)10-5-9(6-14)3-4-11(10)18-2/h3-5,7H,1-2H3,(H2,15,16,17). The number of hydrogen-bond acceptors (Lipinski definition) is 5. The van der Waals surface area contributed by atoms with Crippen LogP contribution in [0.3, 0.4) is 0 Å². The van der Waals surface area contributed by atoms with Crippen molar-refractivity contribution >= 4 is 5.95 Å². The first-order chi connectivity index (χ1) is 8.65. The molecule has 0 amide bonds. The third-order valence-corrected chi connectivity index (χ3v) is 2.57. The second-order valence-electron chi connectivity index (χ2n) is 3.79. The van der Waals surface area contributed by atoms with Crippen molar-refractivity contribution in [2.45, 2.75) is 6.92 Å². The van der Waals surface area contributed by atoms with E-state index in [-0.39, 0.29) is 5.95 Å². The molecule has 0 fully saturated rings. The maximum Gasteiger partial charge on any atom is 0.220 e. The summed E-state index contributed by atoms with van der Waals surface area (Å²) in [6.45, 7) is 1.88. The lowest BCUT2D eigenvalue weighted by molar-refractivity contribution is 0.416. The van der Waals surface area contributed by atoms with Crippen molar-refractivity contribution in [1.29, 1.82) is 5.26 Å². The molecule has 0 aliphatic heterocycles. The van der Waals surface area contributed by atoms with E-state index >= 15 is 0 Å². The molecular weight excluding hydrogens is 228 g/mol. The van der Waals surface area contributed by atoms with E-state index in [0.717, 1.165) is 11.1 Å². The van der Waals surface area contributed by atoms with Gasteiger partial charge in [-0.2, -0.15) is 5.26 Å². The lowest BCUT2D eigenvalue weighted by atomic mass is 10.0. The predicted octanol–water partition coefficient (Wildman–Crippen LogP) is 1.91. The summed E-state index contributed by atoms with van der Waals surface area (Å²) in [7, 11) is 1.57. The second-order valence-corrected chi connectivity index (χ2v) is 3.79. The van der Waals surface area contributed by atoms with Crippen LogP contribution in [0.1, 0.15) is 11.1 Å². The van der Waals surface area contributed by atoms with Crippen molar-refractivity contribution in [3.05, 3.63) is 35.5 Å². The molecule has 0 spiro atoms. The van der Waals surface area contributed by atoms with Gasteiger partial charge in [0.15, 0.2) is 0 Å². The number of benzene rings is 1. The molecule has 1 aromatic carbocycles. The molecular formula is C13H12N4O. The summed E-state index contributed by atoms with van der Waals surface area (Å²) in [5, 5.41) is 8.95. The maximum absolute atomic E-state index is 8.95. The summed E-state index contributed by atoms with van der Waals surface area (Å²) in [4.78, 5) is 8.13. The van der Waals surface area contributed by atoms with Gasteiger partial charge in [0.2, 0.25) is 5.95 Å². The van der Waals surface area contributed by atoms with Crippen molar-refractivity contribution in [1.82, 2.24) is 9.97 Å². The number of aromatic nitrogens is 2. The SMILES string of the molecule is COc1ccc(C#N)cc1-c1nc(N)ncc1C. The van der Waals surface area contributed by atoms with Gasteiger partial charge in [-0.05, 0) is 30.7 Å². The molecule has 0 bridgehead atoms. The van der Waals surface area contributed by atoms with Crippen LogP contribution in [0.25, 0.3) is 11.3 Å². The van der Waals surface area contributed by atoms with Gasteiger partial charge in [-0.15, -0.1) is 0 Å². The number of hydrogen-bond donors (Lipinski definition) is 1. The molecule has 0 saturated carbocycles. The Morgan fingerprint density at radius 1 is 1.39 bits per heavy atom. The van der Waals surface area contributed by atoms with Crippen LogP contribution in [0.2, 0.25) is 0 Å². The maximum atomic E-state index is 8.95. The molecule has 5 heteroatoms. The Labute approximate surface area is 105 Å². The highest BCUT2D eigenvalue weighted by atomic mass is 16.5. The zero-order chi connectivity index (χ0) is 13.1. The molecule has 0 saturated heterocycles. The highest BCUT2D eigenvalue weighted by molar-refractivity contribution is 5.71. The third kappa shape index (κ3) is 2.09. The Morgan fingerprint density at radius 3 is 2.83 bits per heavy atom. The highest BCUT2D eigenvalue weighted by Crippen LogP contribution is 2.31. The van der Waals surface area contributed by atoms with E-state index in [0.29, 0.717) is 17.0 Å². The molecule has 0 aliphatic carbocycles. The van der Waals surface area contributed by atoms with Gasteiger partial charge in [0, 0.05) is 11.8 Å². The molecule has 5 nitrogen and oxygen atoms in total. The van der Waals surface area contributed by atoms with Gasteiger partial charge in [0.05, 0.1) is 24.4 Å². The van der Waals surface area contributed by atoms with Gasteiger partial charge in [-0.1, -0.05) is 0 Å². The Bertz CT molecular complexity index is 631. The van der Waals surface area contributed by atoms with Gasteiger partial charge in [0.1, 0.15) is 5.75 Å². The minimum Gasteiger partial charge on any atom is -0.496 e. The summed E-state index contributed by atoms with van der Waals surface area (Å²) >= 11 is 0. The van der Waals surface area contributed by atoms with Crippen LogP contribution in [0.4, 0.5) is 5.95 Å². The smallest absolute Gasteiger partial charge is 0.220 e. The molecule has 2 rings (SSSR count). The Kier molecular flexibility index (Phi) is 3.11. The molecule has 90 valence electrons.